The van der Waals surface area contributed by atoms with Gasteiger partial charge in [0.1, 0.15) is 6.20 Å². The molecule has 0 atom stereocenters. The van der Waals surface area contributed by atoms with Gasteiger partial charge in [0, 0.05) is 31.7 Å². The second-order valence-electron chi connectivity index (χ2n) is 5.41. The van der Waals surface area contributed by atoms with Crippen LogP contribution < -0.4 is 9.80 Å². The smallest absolute Gasteiger partial charge is 0.358 e. The summed E-state index contributed by atoms with van der Waals surface area (Å²) < 4.78 is 3.07. The van der Waals surface area contributed by atoms with Gasteiger partial charge in [-0.3, -0.25) is 9.48 Å². The molecule has 0 aliphatic carbocycles. The van der Waals surface area contributed by atoms with E-state index < -0.39 is 4.92 Å². The Morgan fingerprint density at radius 2 is 2.21 bits per heavy atom. The molecule has 3 aromatic rings. The molecule has 124 valence electrons. The summed E-state index contributed by atoms with van der Waals surface area (Å²) in [6.07, 6.45) is 5.01. The molecule has 0 bridgehead atoms. The molecule has 0 aromatic carbocycles. The van der Waals surface area contributed by atoms with Gasteiger partial charge >= 0.3 is 5.82 Å². The van der Waals surface area contributed by atoms with Crippen LogP contribution in [0.5, 0.6) is 0 Å². The minimum atomic E-state index is -0.458. The lowest BCUT2D eigenvalue weighted by Gasteiger charge is -2.33. The van der Waals surface area contributed by atoms with Crippen molar-refractivity contribution in [2.75, 3.05) is 29.4 Å². The fraction of sp³-hybridized carbons (Fsp3) is 0.308. The van der Waals surface area contributed by atoms with Crippen LogP contribution in [0.15, 0.2) is 24.0 Å². The van der Waals surface area contributed by atoms with Gasteiger partial charge in [-0.25, -0.2) is 0 Å². The van der Waals surface area contributed by atoms with Crippen LogP contribution in [0.2, 0.25) is 0 Å². The van der Waals surface area contributed by atoms with Crippen molar-refractivity contribution in [3.8, 4) is 0 Å². The predicted octanol–water partition coefficient (Wildman–Crippen LogP) is 0.891. The SMILES string of the molecule is Cn1cc(N2CCN(c3nc4sccn4c3[N+](=O)[O-])CC2=O)cn1. The van der Waals surface area contributed by atoms with Gasteiger partial charge in [-0.1, -0.05) is 11.3 Å². The molecule has 0 saturated carbocycles. The first-order chi connectivity index (χ1) is 11.5. The number of hydrogen-bond donors (Lipinski definition) is 0. The summed E-state index contributed by atoms with van der Waals surface area (Å²) in [4.78, 5) is 31.6. The lowest BCUT2D eigenvalue weighted by Crippen LogP contribution is -2.50. The number of nitro groups is 1. The Balaban J connectivity index is 1.63. The number of aryl methyl sites for hydroxylation is 1. The van der Waals surface area contributed by atoms with Gasteiger partial charge in [0.2, 0.25) is 11.7 Å². The fourth-order valence-corrected chi connectivity index (χ4v) is 3.52. The number of rotatable bonds is 3. The molecule has 1 aliphatic heterocycles. The molecular weight excluding hydrogens is 334 g/mol. The van der Waals surface area contributed by atoms with Gasteiger partial charge in [0.05, 0.1) is 18.4 Å². The maximum Gasteiger partial charge on any atom is 0.373 e. The normalized spacial score (nSPS) is 15.5. The molecule has 4 rings (SSSR count). The maximum absolute atomic E-state index is 12.5. The first-order valence-electron chi connectivity index (χ1n) is 7.18. The number of nitrogens with zero attached hydrogens (tertiary/aromatic N) is 7. The molecule has 0 spiro atoms. The third kappa shape index (κ3) is 2.21. The number of imidazole rings is 1. The third-order valence-electron chi connectivity index (χ3n) is 3.92. The fourth-order valence-electron chi connectivity index (χ4n) is 2.82. The number of piperazine rings is 1. The Hall–Kier alpha value is -2.95. The summed E-state index contributed by atoms with van der Waals surface area (Å²) in [5.41, 5.74) is 0.725. The van der Waals surface area contributed by atoms with Crippen LogP contribution in [0.3, 0.4) is 0 Å². The molecule has 1 amide bonds. The highest BCUT2D eigenvalue weighted by molar-refractivity contribution is 7.15. The summed E-state index contributed by atoms with van der Waals surface area (Å²) in [5.74, 6) is -0.000169. The van der Waals surface area contributed by atoms with Crippen molar-refractivity contribution in [2.24, 2.45) is 7.05 Å². The average Bonchev–Trinajstić information content (AvgIpc) is 3.21. The van der Waals surface area contributed by atoms with Crippen molar-refractivity contribution in [3.63, 3.8) is 0 Å². The number of fused-ring (bicyclic) bond motifs is 1. The molecule has 1 saturated heterocycles. The van der Waals surface area contributed by atoms with Crippen LogP contribution in [0.4, 0.5) is 17.3 Å². The number of thiazole rings is 1. The zero-order valence-corrected chi connectivity index (χ0v) is 13.5. The second kappa shape index (κ2) is 5.30. The van der Waals surface area contributed by atoms with Gasteiger partial charge < -0.3 is 19.9 Å². The summed E-state index contributed by atoms with van der Waals surface area (Å²) >= 11 is 1.32. The largest absolute Gasteiger partial charge is 0.373 e. The summed E-state index contributed by atoms with van der Waals surface area (Å²) in [6, 6.07) is 0. The van der Waals surface area contributed by atoms with E-state index in [0.717, 1.165) is 5.69 Å². The van der Waals surface area contributed by atoms with Gasteiger partial charge in [-0.15, -0.1) is 0 Å². The van der Waals surface area contributed by atoms with Gasteiger partial charge in [0.25, 0.3) is 4.96 Å². The van der Waals surface area contributed by atoms with E-state index in [9.17, 15) is 14.9 Å². The minimum Gasteiger partial charge on any atom is -0.358 e. The van der Waals surface area contributed by atoms with Gasteiger partial charge in [0.15, 0.2) is 0 Å². The molecule has 0 unspecified atom stereocenters. The Bertz CT molecular complexity index is 943. The number of aromatic nitrogens is 4. The first kappa shape index (κ1) is 14.6. The molecule has 0 radical (unpaired) electrons. The van der Waals surface area contributed by atoms with Crippen LogP contribution in [0, 0.1) is 10.1 Å². The van der Waals surface area contributed by atoms with E-state index in [-0.39, 0.29) is 24.1 Å². The summed E-state index contributed by atoms with van der Waals surface area (Å²) in [6.45, 7) is 0.930. The van der Waals surface area contributed by atoms with Crippen molar-refractivity contribution >= 4 is 39.5 Å². The number of hydrogen-bond acceptors (Lipinski definition) is 7. The van der Waals surface area contributed by atoms with Crippen molar-refractivity contribution in [2.45, 2.75) is 0 Å². The molecule has 4 heterocycles. The molecule has 11 heteroatoms. The van der Waals surface area contributed by atoms with Gasteiger partial charge in [-0.2, -0.15) is 14.5 Å². The first-order valence-corrected chi connectivity index (χ1v) is 8.06. The Morgan fingerprint density at radius 1 is 1.38 bits per heavy atom. The minimum absolute atomic E-state index is 0.0422. The standard InChI is InChI=1S/C13H13N7O3S/c1-16-7-9(6-14-16)18-3-2-17(8-10(18)21)11-12(20(22)23)19-4-5-24-13(19)15-11/h4-7H,2-3,8H2,1H3. The molecule has 10 nitrogen and oxygen atoms in total. The highest BCUT2D eigenvalue weighted by Gasteiger charge is 2.33. The Labute approximate surface area is 139 Å². The van der Waals surface area contributed by atoms with Gasteiger partial charge in [-0.05, 0) is 4.92 Å². The van der Waals surface area contributed by atoms with E-state index in [4.69, 9.17) is 0 Å². The molecule has 3 aromatic heterocycles. The maximum atomic E-state index is 12.5. The van der Waals surface area contributed by atoms with Crippen LogP contribution in [-0.2, 0) is 11.8 Å². The molecule has 1 aliphatic rings. The topological polar surface area (TPSA) is 102 Å². The summed E-state index contributed by atoms with van der Waals surface area (Å²) in [5, 5.41) is 17.2. The van der Waals surface area contributed by atoms with Crippen LogP contribution in [-0.4, -0.2) is 49.6 Å². The lowest BCUT2D eigenvalue weighted by atomic mass is 10.3. The van der Waals surface area contributed by atoms with E-state index in [1.807, 2.05) is 0 Å². The van der Waals surface area contributed by atoms with Crippen LogP contribution in [0.1, 0.15) is 0 Å². The van der Waals surface area contributed by atoms with E-state index in [1.165, 1.54) is 15.7 Å². The molecule has 24 heavy (non-hydrogen) atoms. The van der Waals surface area contributed by atoms with Crippen molar-refractivity contribution < 1.29 is 9.72 Å². The average molecular weight is 347 g/mol. The Morgan fingerprint density at radius 3 is 2.88 bits per heavy atom. The monoisotopic (exact) mass is 347 g/mol. The molecule has 0 N–H and O–H groups in total. The predicted molar refractivity (Wildman–Crippen MR) is 87.5 cm³/mol. The summed E-state index contributed by atoms with van der Waals surface area (Å²) in [7, 11) is 1.78. The number of carbonyl (C=O) groups excluding carboxylic acids is 1. The third-order valence-corrected chi connectivity index (χ3v) is 4.67. The van der Waals surface area contributed by atoms with Crippen LogP contribution in [0.25, 0.3) is 4.96 Å². The molecular formula is C13H13N7O3S. The zero-order chi connectivity index (χ0) is 16.8. The van der Waals surface area contributed by atoms with E-state index in [2.05, 4.69) is 10.1 Å². The lowest BCUT2D eigenvalue weighted by molar-refractivity contribution is -0.389. The number of amides is 1. The quantitative estimate of drug-likeness (QED) is 0.515. The van der Waals surface area contributed by atoms with E-state index in [1.54, 1.807) is 45.5 Å². The highest BCUT2D eigenvalue weighted by Crippen LogP contribution is 2.32. The molecule has 1 fully saturated rings. The number of carbonyl (C=O) groups is 1. The Kier molecular flexibility index (Phi) is 3.23. The number of anilines is 2. The van der Waals surface area contributed by atoms with Crippen molar-refractivity contribution in [1.29, 1.82) is 0 Å². The van der Waals surface area contributed by atoms with Crippen molar-refractivity contribution in [1.82, 2.24) is 19.2 Å². The van der Waals surface area contributed by atoms with E-state index >= 15 is 0 Å². The van der Waals surface area contributed by atoms with Crippen molar-refractivity contribution in [3.05, 3.63) is 34.1 Å². The highest BCUT2D eigenvalue weighted by atomic mass is 32.1. The van der Waals surface area contributed by atoms with E-state index in [0.29, 0.717) is 18.1 Å². The zero-order valence-electron chi connectivity index (χ0n) is 12.7. The second-order valence-corrected chi connectivity index (χ2v) is 6.28. The van der Waals surface area contributed by atoms with Crippen LogP contribution >= 0.6 is 11.3 Å².